The van der Waals surface area contributed by atoms with Crippen LogP contribution in [0.4, 0.5) is 0 Å². The van der Waals surface area contributed by atoms with Gasteiger partial charge in [-0.2, -0.15) is 5.10 Å². The van der Waals surface area contributed by atoms with E-state index in [1.54, 1.807) is 16.5 Å². The van der Waals surface area contributed by atoms with Crippen molar-refractivity contribution in [2.75, 3.05) is 13.1 Å². The summed E-state index contributed by atoms with van der Waals surface area (Å²) in [6.07, 6.45) is 0.505. The van der Waals surface area contributed by atoms with E-state index in [1.807, 2.05) is 19.9 Å². The van der Waals surface area contributed by atoms with Gasteiger partial charge in [-0.25, -0.2) is 0 Å². The molecule has 1 amide bonds. The fraction of sp³-hybridized carbons (Fsp3) is 0.615. The maximum Gasteiger partial charge on any atom is 0.311 e. The van der Waals surface area contributed by atoms with Crippen LogP contribution in [0.5, 0.6) is 0 Å². The van der Waals surface area contributed by atoms with Crippen LogP contribution >= 0.6 is 0 Å². The Morgan fingerprint density at radius 3 is 2.63 bits per heavy atom. The summed E-state index contributed by atoms with van der Waals surface area (Å²) in [7, 11) is 0. The summed E-state index contributed by atoms with van der Waals surface area (Å²) in [4.78, 5) is 24.9. The summed E-state index contributed by atoms with van der Waals surface area (Å²) in [6, 6.07) is 1.92. The minimum Gasteiger partial charge on any atom is -0.481 e. The molecule has 0 spiro atoms. The number of carbonyl (C=O) groups is 2. The van der Waals surface area contributed by atoms with Crippen molar-refractivity contribution in [2.45, 2.75) is 33.7 Å². The zero-order valence-electron chi connectivity index (χ0n) is 11.5. The first-order valence-electron chi connectivity index (χ1n) is 6.34. The Labute approximate surface area is 112 Å². The minimum absolute atomic E-state index is 0.0730. The van der Waals surface area contributed by atoms with E-state index in [1.165, 1.54) is 0 Å². The van der Waals surface area contributed by atoms with E-state index in [9.17, 15) is 9.59 Å². The second-order valence-electron chi connectivity index (χ2n) is 5.52. The number of hydrogen-bond donors (Lipinski definition) is 1. The lowest BCUT2D eigenvalue weighted by Crippen LogP contribution is -2.36. The number of nitrogens with zero attached hydrogens (tertiary/aromatic N) is 3. The second kappa shape index (κ2) is 4.68. The number of amides is 1. The molecule has 6 nitrogen and oxygen atoms in total. The van der Waals surface area contributed by atoms with Crippen molar-refractivity contribution < 1.29 is 14.7 Å². The van der Waals surface area contributed by atoms with E-state index in [0.29, 0.717) is 13.0 Å². The van der Waals surface area contributed by atoms with Crippen LogP contribution in [0.15, 0.2) is 6.07 Å². The lowest BCUT2D eigenvalue weighted by Gasteiger charge is -2.20. The number of carbonyl (C=O) groups excluding carboxylic acids is 1. The Balaban J connectivity index is 2.03. The summed E-state index contributed by atoms with van der Waals surface area (Å²) < 4.78 is 1.66. The summed E-state index contributed by atoms with van der Waals surface area (Å²) in [5.74, 6) is -0.912. The first-order chi connectivity index (χ1) is 8.82. The predicted molar refractivity (Wildman–Crippen MR) is 68.6 cm³/mol. The Morgan fingerprint density at radius 2 is 2.16 bits per heavy atom. The molecule has 1 fully saturated rings. The Kier molecular flexibility index (Phi) is 3.34. The topological polar surface area (TPSA) is 75.4 Å². The maximum atomic E-state index is 12.2. The number of carboxylic acid groups (broad SMARTS) is 1. The first-order valence-corrected chi connectivity index (χ1v) is 6.34. The van der Waals surface area contributed by atoms with Crippen molar-refractivity contribution in [1.82, 2.24) is 14.7 Å². The van der Waals surface area contributed by atoms with Crippen molar-refractivity contribution >= 4 is 11.9 Å². The summed E-state index contributed by atoms with van der Waals surface area (Å²) in [5, 5.41) is 13.4. The van der Waals surface area contributed by atoms with Gasteiger partial charge in [0.15, 0.2) is 0 Å². The number of carboxylic acids is 1. The van der Waals surface area contributed by atoms with Gasteiger partial charge in [-0.3, -0.25) is 14.3 Å². The minimum atomic E-state index is -0.839. The first kappa shape index (κ1) is 13.6. The third-order valence-corrected chi connectivity index (χ3v) is 3.73. The van der Waals surface area contributed by atoms with Crippen LogP contribution in [0.25, 0.3) is 0 Å². The molecule has 6 heteroatoms. The molecule has 104 valence electrons. The number of rotatable bonds is 3. The van der Waals surface area contributed by atoms with Crippen molar-refractivity contribution in [3.05, 3.63) is 17.5 Å². The highest BCUT2D eigenvalue weighted by Gasteiger charge is 2.42. The molecule has 1 unspecified atom stereocenters. The van der Waals surface area contributed by atoms with Gasteiger partial charge in [-0.05, 0) is 33.3 Å². The fourth-order valence-electron chi connectivity index (χ4n) is 2.41. The van der Waals surface area contributed by atoms with Gasteiger partial charge >= 0.3 is 5.97 Å². The number of aliphatic carboxylic acids is 1. The molecule has 0 saturated carbocycles. The molecule has 19 heavy (non-hydrogen) atoms. The Hall–Kier alpha value is -1.85. The van der Waals surface area contributed by atoms with Crippen LogP contribution < -0.4 is 0 Å². The fourth-order valence-corrected chi connectivity index (χ4v) is 2.41. The average Bonchev–Trinajstić information content (AvgIpc) is 2.84. The van der Waals surface area contributed by atoms with Crippen molar-refractivity contribution in [3.63, 3.8) is 0 Å². The van der Waals surface area contributed by atoms with Crippen LogP contribution in [0.3, 0.4) is 0 Å². The van der Waals surface area contributed by atoms with Crippen molar-refractivity contribution in [1.29, 1.82) is 0 Å². The summed E-state index contributed by atoms with van der Waals surface area (Å²) in [5.41, 5.74) is 0.998. The van der Waals surface area contributed by atoms with Gasteiger partial charge in [-0.15, -0.1) is 0 Å². The van der Waals surface area contributed by atoms with Crippen LogP contribution in [0, 0.1) is 19.3 Å². The van der Waals surface area contributed by atoms with Gasteiger partial charge in [0.2, 0.25) is 5.91 Å². The van der Waals surface area contributed by atoms with Gasteiger partial charge < -0.3 is 10.0 Å². The van der Waals surface area contributed by atoms with Gasteiger partial charge in [0.05, 0.1) is 11.1 Å². The Bertz CT molecular complexity index is 523. The molecule has 1 N–H and O–H groups in total. The molecule has 1 aliphatic rings. The van der Waals surface area contributed by atoms with Gasteiger partial charge in [0.1, 0.15) is 6.54 Å². The average molecular weight is 265 g/mol. The van der Waals surface area contributed by atoms with Gasteiger partial charge in [0, 0.05) is 18.8 Å². The molecule has 1 aromatic heterocycles. The highest BCUT2D eigenvalue weighted by molar-refractivity contribution is 5.80. The largest absolute Gasteiger partial charge is 0.481 e. The van der Waals surface area contributed by atoms with E-state index in [0.717, 1.165) is 11.4 Å². The third-order valence-electron chi connectivity index (χ3n) is 3.73. The number of aromatic nitrogens is 2. The van der Waals surface area contributed by atoms with E-state index < -0.39 is 11.4 Å². The maximum absolute atomic E-state index is 12.2. The monoisotopic (exact) mass is 265 g/mol. The summed E-state index contributed by atoms with van der Waals surface area (Å²) in [6.45, 7) is 6.42. The highest BCUT2D eigenvalue weighted by atomic mass is 16.4. The van der Waals surface area contributed by atoms with Crippen molar-refractivity contribution in [3.8, 4) is 0 Å². The van der Waals surface area contributed by atoms with E-state index in [-0.39, 0.29) is 19.0 Å². The molecule has 1 atom stereocenters. The molecule has 0 aliphatic carbocycles. The lowest BCUT2D eigenvalue weighted by molar-refractivity contribution is -0.147. The molecule has 1 aliphatic heterocycles. The van der Waals surface area contributed by atoms with Gasteiger partial charge in [-0.1, -0.05) is 0 Å². The van der Waals surface area contributed by atoms with Crippen LogP contribution in [0.1, 0.15) is 24.7 Å². The van der Waals surface area contributed by atoms with Crippen molar-refractivity contribution in [2.24, 2.45) is 5.41 Å². The van der Waals surface area contributed by atoms with E-state index in [4.69, 9.17) is 5.11 Å². The molecule has 2 rings (SSSR count). The Morgan fingerprint density at radius 1 is 1.47 bits per heavy atom. The summed E-state index contributed by atoms with van der Waals surface area (Å²) >= 11 is 0. The standard InChI is InChI=1S/C13H19N3O3/c1-9-6-10(2)16(14-9)7-11(17)15-5-4-13(3,8-15)12(18)19/h6H,4-5,7-8H2,1-3H3,(H,18,19). The number of likely N-dealkylation sites (tertiary alicyclic amines) is 1. The normalized spacial score (nSPS) is 22.8. The molecule has 0 aromatic carbocycles. The van der Waals surface area contributed by atoms with Crippen LogP contribution in [-0.4, -0.2) is 44.8 Å². The zero-order valence-corrected chi connectivity index (χ0v) is 11.5. The second-order valence-corrected chi connectivity index (χ2v) is 5.52. The molecule has 1 saturated heterocycles. The smallest absolute Gasteiger partial charge is 0.311 e. The van der Waals surface area contributed by atoms with E-state index >= 15 is 0 Å². The van der Waals surface area contributed by atoms with Gasteiger partial charge in [0.25, 0.3) is 0 Å². The molecule has 0 radical (unpaired) electrons. The molecule has 2 heterocycles. The number of aryl methyl sites for hydroxylation is 2. The quantitative estimate of drug-likeness (QED) is 0.878. The zero-order chi connectivity index (χ0) is 14.2. The molecular formula is C13H19N3O3. The third kappa shape index (κ3) is 2.62. The lowest BCUT2D eigenvalue weighted by atomic mass is 9.90. The van der Waals surface area contributed by atoms with E-state index in [2.05, 4.69) is 5.10 Å². The highest BCUT2D eigenvalue weighted by Crippen LogP contribution is 2.30. The number of hydrogen-bond acceptors (Lipinski definition) is 3. The molecule has 0 bridgehead atoms. The predicted octanol–water partition coefficient (Wildman–Crippen LogP) is 0.823. The molecule has 1 aromatic rings. The van der Waals surface area contributed by atoms with Crippen LogP contribution in [-0.2, 0) is 16.1 Å². The molecular weight excluding hydrogens is 246 g/mol. The SMILES string of the molecule is Cc1cc(C)n(CC(=O)N2CCC(C)(C(=O)O)C2)n1. The van der Waals surface area contributed by atoms with Crippen LogP contribution in [0.2, 0.25) is 0 Å².